The second kappa shape index (κ2) is 6.46. The van der Waals surface area contributed by atoms with Gasteiger partial charge in [0.25, 0.3) is 0 Å². The SMILES string of the molecule is C#Cc1cc(C#C)cc(C(=O)c2nc3cc(N)ccc3c3cc(N)ccc23)c1. The summed E-state index contributed by atoms with van der Waals surface area (Å²) >= 11 is 0. The van der Waals surface area contributed by atoms with Crippen LogP contribution in [0, 0.1) is 24.7 Å². The summed E-state index contributed by atoms with van der Waals surface area (Å²) in [5, 5.41) is 2.40. The molecule has 1 heterocycles. The molecule has 4 N–H and O–H groups in total. The van der Waals surface area contributed by atoms with Crippen LogP contribution in [0.3, 0.4) is 0 Å². The Labute approximate surface area is 162 Å². The van der Waals surface area contributed by atoms with Crippen LogP contribution >= 0.6 is 0 Å². The lowest BCUT2D eigenvalue weighted by molar-refractivity contribution is 0.103. The number of benzene rings is 3. The highest BCUT2D eigenvalue weighted by Gasteiger charge is 2.18. The molecule has 1 aromatic heterocycles. The molecule has 0 saturated heterocycles. The minimum absolute atomic E-state index is 0.271. The molecular formula is C24H15N3O. The van der Waals surface area contributed by atoms with Gasteiger partial charge in [0, 0.05) is 38.8 Å². The molecule has 0 saturated carbocycles. The number of nitrogen functional groups attached to an aromatic ring is 2. The van der Waals surface area contributed by atoms with Crippen molar-refractivity contribution in [3.05, 3.63) is 77.0 Å². The molecule has 0 aliphatic rings. The van der Waals surface area contributed by atoms with Crippen LogP contribution in [0.5, 0.6) is 0 Å². The lowest BCUT2D eigenvalue weighted by atomic mass is 9.96. The molecule has 0 bridgehead atoms. The van der Waals surface area contributed by atoms with Gasteiger partial charge in [0.2, 0.25) is 5.78 Å². The normalized spacial score (nSPS) is 10.5. The molecule has 0 fully saturated rings. The first-order chi connectivity index (χ1) is 13.5. The molecule has 0 atom stereocenters. The number of carbonyl (C=O) groups is 1. The Morgan fingerprint density at radius 3 is 2.04 bits per heavy atom. The van der Waals surface area contributed by atoms with E-state index in [1.54, 1.807) is 42.5 Å². The Balaban J connectivity index is 2.04. The Morgan fingerprint density at radius 1 is 0.786 bits per heavy atom. The van der Waals surface area contributed by atoms with Gasteiger partial charge in [0.1, 0.15) is 5.69 Å². The van der Waals surface area contributed by atoms with Crippen LogP contribution < -0.4 is 11.5 Å². The number of rotatable bonds is 2. The second-order valence-electron chi connectivity index (χ2n) is 6.46. The predicted octanol–water partition coefficient (Wildman–Crippen LogP) is 3.75. The smallest absolute Gasteiger partial charge is 0.212 e. The third-order valence-electron chi connectivity index (χ3n) is 4.59. The molecule has 4 aromatic rings. The summed E-state index contributed by atoms with van der Waals surface area (Å²) in [5.41, 5.74) is 15.4. The van der Waals surface area contributed by atoms with Crippen molar-refractivity contribution in [2.45, 2.75) is 0 Å². The molecule has 0 aliphatic carbocycles. The van der Waals surface area contributed by atoms with Crippen molar-refractivity contribution in [3.63, 3.8) is 0 Å². The molecule has 3 aromatic carbocycles. The molecule has 28 heavy (non-hydrogen) atoms. The van der Waals surface area contributed by atoms with E-state index in [-0.39, 0.29) is 5.78 Å². The van der Waals surface area contributed by atoms with Crippen molar-refractivity contribution in [2.24, 2.45) is 0 Å². The highest BCUT2D eigenvalue weighted by atomic mass is 16.1. The fraction of sp³-hybridized carbons (Fsp3) is 0. The van der Waals surface area contributed by atoms with E-state index in [0.717, 1.165) is 10.8 Å². The maximum Gasteiger partial charge on any atom is 0.212 e. The average molecular weight is 361 g/mol. The Morgan fingerprint density at radius 2 is 1.39 bits per heavy atom. The zero-order valence-corrected chi connectivity index (χ0v) is 14.9. The van der Waals surface area contributed by atoms with Gasteiger partial charge >= 0.3 is 0 Å². The van der Waals surface area contributed by atoms with Crippen molar-refractivity contribution in [1.29, 1.82) is 0 Å². The lowest BCUT2D eigenvalue weighted by Crippen LogP contribution is -2.07. The van der Waals surface area contributed by atoms with E-state index >= 15 is 0 Å². The van der Waals surface area contributed by atoms with Crippen molar-refractivity contribution >= 4 is 38.8 Å². The number of nitrogens with two attached hydrogens (primary N) is 2. The highest BCUT2D eigenvalue weighted by molar-refractivity contribution is 6.20. The number of fused-ring (bicyclic) bond motifs is 3. The third-order valence-corrected chi connectivity index (χ3v) is 4.59. The number of ketones is 1. The van der Waals surface area contributed by atoms with E-state index in [9.17, 15) is 4.79 Å². The van der Waals surface area contributed by atoms with Gasteiger partial charge in [-0.1, -0.05) is 17.9 Å². The maximum absolute atomic E-state index is 13.3. The molecule has 132 valence electrons. The maximum atomic E-state index is 13.3. The van der Waals surface area contributed by atoms with Gasteiger partial charge < -0.3 is 11.5 Å². The van der Waals surface area contributed by atoms with Crippen LogP contribution in [0.25, 0.3) is 21.7 Å². The molecule has 4 nitrogen and oxygen atoms in total. The van der Waals surface area contributed by atoms with Crippen LogP contribution in [-0.4, -0.2) is 10.8 Å². The Kier molecular flexibility index (Phi) is 3.96. The van der Waals surface area contributed by atoms with Gasteiger partial charge in [-0.15, -0.1) is 12.8 Å². The van der Waals surface area contributed by atoms with Crippen LogP contribution in [-0.2, 0) is 0 Å². The molecule has 0 amide bonds. The fourth-order valence-corrected chi connectivity index (χ4v) is 3.28. The fourth-order valence-electron chi connectivity index (χ4n) is 3.28. The van der Waals surface area contributed by atoms with Crippen LogP contribution in [0.2, 0.25) is 0 Å². The van der Waals surface area contributed by atoms with Gasteiger partial charge in [0.05, 0.1) is 5.52 Å². The topological polar surface area (TPSA) is 82.0 Å². The predicted molar refractivity (Wildman–Crippen MR) is 114 cm³/mol. The number of hydrogen-bond donors (Lipinski definition) is 2. The standard InChI is InChI=1S/C24H15N3O/c1-3-14-9-15(4-2)11-16(10-14)24(28)23-20-8-6-17(25)12-21(20)19-7-5-18(26)13-22(19)27-23/h1-2,5-13H,25-26H2. The highest BCUT2D eigenvalue weighted by Crippen LogP contribution is 2.30. The van der Waals surface area contributed by atoms with Crippen LogP contribution in [0.1, 0.15) is 27.2 Å². The number of terminal acetylenes is 2. The molecular weight excluding hydrogens is 346 g/mol. The van der Waals surface area contributed by atoms with Gasteiger partial charge in [-0.25, -0.2) is 4.98 Å². The van der Waals surface area contributed by atoms with E-state index in [1.165, 1.54) is 0 Å². The number of anilines is 2. The summed E-state index contributed by atoms with van der Waals surface area (Å²) in [6.45, 7) is 0. The first kappa shape index (κ1) is 17.1. The number of aromatic nitrogens is 1. The summed E-state index contributed by atoms with van der Waals surface area (Å²) < 4.78 is 0. The summed E-state index contributed by atoms with van der Waals surface area (Å²) in [4.78, 5) is 18.0. The summed E-state index contributed by atoms with van der Waals surface area (Å²) in [7, 11) is 0. The zero-order chi connectivity index (χ0) is 19.8. The molecule has 0 aliphatic heterocycles. The van der Waals surface area contributed by atoms with Crippen molar-refractivity contribution < 1.29 is 4.79 Å². The van der Waals surface area contributed by atoms with Gasteiger partial charge in [-0.05, 0) is 53.9 Å². The van der Waals surface area contributed by atoms with Crippen molar-refractivity contribution in [1.82, 2.24) is 4.98 Å². The summed E-state index contributed by atoms with van der Waals surface area (Å²) in [5.74, 6) is 4.79. The van der Waals surface area contributed by atoms with Crippen LogP contribution in [0.4, 0.5) is 11.4 Å². The van der Waals surface area contributed by atoms with Gasteiger partial charge in [0.15, 0.2) is 0 Å². The number of pyridine rings is 1. The van der Waals surface area contributed by atoms with Gasteiger partial charge in [-0.2, -0.15) is 0 Å². The quantitative estimate of drug-likeness (QED) is 0.247. The lowest BCUT2D eigenvalue weighted by Gasteiger charge is -2.11. The van der Waals surface area contributed by atoms with E-state index in [0.29, 0.717) is 44.7 Å². The molecule has 0 unspecified atom stereocenters. The van der Waals surface area contributed by atoms with Gasteiger partial charge in [-0.3, -0.25) is 4.79 Å². The van der Waals surface area contributed by atoms with Crippen LogP contribution in [0.15, 0.2) is 54.6 Å². The first-order valence-corrected chi connectivity index (χ1v) is 8.51. The molecule has 0 radical (unpaired) electrons. The third kappa shape index (κ3) is 2.80. The minimum Gasteiger partial charge on any atom is -0.399 e. The molecule has 4 heteroatoms. The second-order valence-corrected chi connectivity index (χ2v) is 6.46. The Bertz CT molecular complexity index is 1340. The summed E-state index contributed by atoms with van der Waals surface area (Å²) in [6, 6.07) is 15.7. The van der Waals surface area contributed by atoms with E-state index < -0.39 is 0 Å². The molecule has 0 spiro atoms. The monoisotopic (exact) mass is 361 g/mol. The number of hydrogen-bond acceptors (Lipinski definition) is 4. The number of nitrogens with zero attached hydrogens (tertiary/aromatic N) is 1. The van der Waals surface area contributed by atoms with E-state index in [1.807, 2.05) is 12.1 Å². The minimum atomic E-state index is -0.271. The average Bonchev–Trinajstić information content (AvgIpc) is 2.71. The summed E-state index contributed by atoms with van der Waals surface area (Å²) in [6.07, 6.45) is 11.0. The van der Waals surface area contributed by atoms with Crippen molar-refractivity contribution in [3.8, 4) is 24.7 Å². The molecule has 4 rings (SSSR count). The van der Waals surface area contributed by atoms with E-state index in [2.05, 4.69) is 16.8 Å². The van der Waals surface area contributed by atoms with Crippen molar-refractivity contribution in [2.75, 3.05) is 11.5 Å². The largest absolute Gasteiger partial charge is 0.399 e. The number of carbonyl (C=O) groups excluding carboxylic acids is 1. The zero-order valence-electron chi connectivity index (χ0n) is 14.9. The Hall–Kier alpha value is -4.28. The first-order valence-electron chi connectivity index (χ1n) is 8.51. The van der Waals surface area contributed by atoms with E-state index in [4.69, 9.17) is 24.3 Å².